The summed E-state index contributed by atoms with van der Waals surface area (Å²) in [6, 6.07) is 15.9. The number of nitrogens with zero attached hydrogens (tertiary/aromatic N) is 3. The molecule has 0 N–H and O–H groups in total. The van der Waals surface area contributed by atoms with Crippen LogP contribution in [0.5, 0.6) is 5.75 Å². The Bertz CT molecular complexity index is 813. The van der Waals surface area contributed by atoms with Crippen molar-refractivity contribution in [2.45, 2.75) is 0 Å². The van der Waals surface area contributed by atoms with Crippen molar-refractivity contribution in [1.82, 2.24) is 9.80 Å². The zero-order chi connectivity index (χ0) is 19.8. The number of carbonyl (C=O) groups excluding carboxylic acids is 1. The van der Waals surface area contributed by atoms with Crippen LogP contribution in [0.3, 0.4) is 0 Å². The van der Waals surface area contributed by atoms with Gasteiger partial charge < -0.3 is 9.64 Å². The first-order chi connectivity index (χ1) is 13.6. The van der Waals surface area contributed by atoms with E-state index in [-0.39, 0.29) is 18.2 Å². The van der Waals surface area contributed by atoms with Gasteiger partial charge >= 0.3 is 0 Å². The summed E-state index contributed by atoms with van der Waals surface area (Å²) in [4.78, 5) is 26.6. The summed E-state index contributed by atoms with van der Waals surface area (Å²) >= 11 is 0. The zero-order valence-electron chi connectivity index (χ0n) is 15.6. The van der Waals surface area contributed by atoms with Gasteiger partial charge in [-0.1, -0.05) is 42.5 Å². The molecule has 0 radical (unpaired) electrons. The quantitative estimate of drug-likeness (QED) is 0.545. The van der Waals surface area contributed by atoms with Crippen molar-refractivity contribution >= 4 is 17.7 Å². The Labute approximate surface area is 164 Å². The molecule has 1 saturated heterocycles. The van der Waals surface area contributed by atoms with Gasteiger partial charge in [-0.05, 0) is 17.7 Å². The number of hydrogen-bond acceptors (Lipinski definition) is 5. The Hall–Kier alpha value is -3.19. The third kappa shape index (κ3) is 5.65. The molecule has 146 valence electrons. The molecule has 1 aliphatic heterocycles. The minimum Gasteiger partial charge on any atom is -0.484 e. The van der Waals surface area contributed by atoms with Gasteiger partial charge in [-0.2, -0.15) is 0 Å². The Morgan fingerprint density at radius 1 is 1.04 bits per heavy atom. The van der Waals surface area contributed by atoms with Crippen molar-refractivity contribution in [3.63, 3.8) is 0 Å². The van der Waals surface area contributed by atoms with Crippen molar-refractivity contribution in [3.8, 4) is 5.75 Å². The molecule has 0 saturated carbocycles. The van der Waals surface area contributed by atoms with Crippen molar-refractivity contribution in [3.05, 3.63) is 76.4 Å². The van der Waals surface area contributed by atoms with Crippen LogP contribution in [0.2, 0.25) is 0 Å². The van der Waals surface area contributed by atoms with Gasteiger partial charge in [-0.25, -0.2) is 0 Å². The van der Waals surface area contributed by atoms with Crippen LogP contribution in [0.1, 0.15) is 5.56 Å². The highest BCUT2D eigenvalue weighted by Gasteiger charge is 2.20. The molecule has 1 amide bonds. The SMILES string of the molecule is O=C(COc1ccc([N+](=O)[O-])cc1)N1CCN(C/C=C/c2ccccc2)CC1. The summed E-state index contributed by atoms with van der Waals surface area (Å²) in [5.74, 6) is 0.376. The maximum atomic E-state index is 12.3. The van der Waals surface area contributed by atoms with Gasteiger partial charge in [0.15, 0.2) is 6.61 Å². The molecule has 0 spiro atoms. The maximum Gasteiger partial charge on any atom is 0.269 e. The molecular weight excluding hydrogens is 358 g/mol. The smallest absolute Gasteiger partial charge is 0.269 e. The molecule has 2 aromatic rings. The van der Waals surface area contributed by atoms with E-state index >= 15 is 0 Å². The molecular formula is C21H23N3O4. The number of hydrogen-bond donors (Lipinski definition) is 0. The second-order valence-corrected chi connectivity index (χ2v) is 6.53. The molecule has 2 aromatic carbocycles. The standard InChI is InChI=1S/C21H23N3O4/c25-21(17-28-20-10-8-19(9-11-20)24(26)27)23-15-13-22(14-16-23)12-4-7-18-5-2-1-3-6-18/h1-11H,12-17H2/b7-4+. The van der Waals surface area contributed by atoms with Gasteiger partial charge in [0.2, 0.25) is 0 Å². The van der Waals surface area contributed by atoms with E-state index in [0.717, 1.165) is 19.6 Å². The van der Waals surface area contributed by atoms with Crippen molar-refractivity contribution in [1.29, 1.82) is 0 Å². The van der Waals surface area contributed by atoms with Crippen LogP contribution in [0.15, 0.2) is 60.7 Å². The molecule has 1 aliphatic rings. The number of rotatable bonds is 7. The molecule has 1 heterocycles. The van der Waals surface area contributed by atoms with E-state index in [4.69, 9.17) is 4.74 Å². The van der Waals surface area contributed by atoms with Crippen LogP contribution in [0.4, 0.5) is 5.69 Å². The summed E-state index contributed by atoms with van der Waals surface area (Å²) in [7, 11) is 0. The fourth-order valence-corrected chi connectivity index (χ4v) is 2.98. The Balaban J connectivity index is 1.38. The second kappa shape index (κ2) is 9.66. The molecule has 7 heteroatoms. The minimum absolute atomic E-state index is 0.00360. The lowest BCUT2D eigenvalue weighted by atomic mass is 10.2. The van der Waals surface area contributed by atoms with Crippen molar-refractivity contribution < 1.29 is 14.5 Å². The highest BCUT2D eigenvalue weighted by Crippen LogP contribution is 2.17. The predicted molar refractivity (Wildman–Crippen MR) is 107 cm³/mol. The minimum atomic E-state index is -0.469. The zero-order valence-corrected chi connectivity index (χ0v) is 15.6. The Morgan fingerprint density at radius 3 is 2.36 bits per heavy atom. The average Bonchev–Trinajstić information content (AvgIpc) is 2.73. The summed E-state index contributed by atoms with van der Waals surface area (Å²) in [6.45, 7) is 3.77. The average molecular weight is 381 g/mol. The molecule has 0 aliphatic carbocycles. The maximum absolute atomic E-state index is 12.3. The first kappa shape index (κ1) is 19.6. The van der Waals surface area contributed by atoms with Crippen molar-refractivity contribution in [2.75, 3.05) is 39.3 Å². The fourth-order valence-electron chi connectivity index (χ4n) is 2.98. The summed E-state index contributed by atoms with van der Waals surface area (Å²) in [5, 5.41) is 10.6. The number of carbonyl (C=O) groups is 1. The van der Waals surface area contributed by atoms with E-state index in [1.54, 1.807) is 4.90 Å². The number of benzene rings is 2. The monoisotopic (exact) mass is 381 g/mol. The lowest BCUT2D eigenvalue weighted by Crippen LogP contribution is -2.49. The number of ether oxygens (including phenoxy) is 1. The first-order valence-electron chi connectivity index (χ1n) is 9.21. The number of nitro benzene ring substituents is 1. The normalized spacial score (nSPS) is 14.9. The lowest BCUT2D eigenvalue weighted by molar-refractivity contribution is -0.384. The summed E-state index contributed by atoms with van der Waals surface area (Å²) in [6.07, 6.45) is 4.25. The Morgan fingerprint density at radius 2 is 1.71 bits per heavy atom. The predicted octanol–water partition coefficient (Wildman–Crippen LogP) is 2.83. The van der Waals surface area contributed by atoms with Crippen LogP contribution in [-0.2, 0) is 4.79 Å². The second-order valence-electron chi connectivity index (χ2n) is 6.53. The molecule has 0 atom stereocenters. The van der Waals surface area contributed by atoms with Gasteiger partial charge in [-0.3, -0.25) is 19.8 Å². The molecule has 28 heavy (non-hydrogen) atoms. The Kier molecular flexibility index (Phi) is 6.75. The molecule has 3 rings (SSSR count). The van der Waals surface area contributed by atoms with Crippen LogP contribution < -0.4 is 4.74 Å². The highest BCUT2D eigenvalue weighted by atomic mass is 16.6. The van der Waals surface area contributed by atoms with Gasteiger partial charge in [0.05, 0.1) is 4.92 Å². The lowest BCUT2D eigenvalue weighted by Gasteiger charge is -2.34. The summed E-state index contributed by atoms with van der Waals surface area (Å²) < 4.78 is 5.46. The van der Waals surface area contributed by atoms with Gasteiger partial charge in [0.25, 0.3) is 11.6 Å². The van der Waals surface area contributed by atoms with E-state index in [0.29, 0.717) is 18.8 Å². The number of piperazine rings is 1. The van der Waals surface area contributed by atoms with E-state index in [2.05, 4.69) is 29.2 Å². The van der Waals surface area contributed by atoms with Gasteiger partial charge in [0.1, 0.15) is 5.75 Å². The van der Waals surface area contributed by atoms with Crippen LogP contribution >= 0.6 is 0 Å². The third-order valence-corrected chi connectivity index (χ3v) is 4.61. The van der Waals surface area contributed by atoms with Gasteiger partial charge in [0, 0.05) is 44.9 Å². The molecule has 1 fully saturated rings. The largest absolute Gasteiger partial charge is 0.484 e. The molecule has 7 nitrogen and oxygen atoms in total. The first-order valence-corrected chi connectivity index (χ1v) is 9.21. The molecule has 0 unspecified atom stereocenters. The van der Waals surface area contributed by atoms with E-state index in [9.17, 15) is 14.9 Å². The number of nitro groups is 1. The number of non-ortho nitro benzene ring substituents is 1. The molecule has 0 bridgehead atoms. The van der Waals surface area contributed by atoms with E-state index in [1.807, 2.05) is 18.2 Å². The van der Waals surface area contributed by atoms with Crippen LogP contribution in [0.25, 0.3) is 6.08 Å². The van der Waals surface area contributed by atoms with Crippen LogP contribution in [0, 0.1) is 10.1 Å². The van der Waals surface area contributed by atoms with Crippen molar-refractivity contribution in [2.24, 2.45) is 0 Å². The number of amides is 1. The summed E-state index contributed by atoms with van der Waals surface area (Å²) in [5.41, 5.74) is 1.18. The van der Waals surface area contributed by atoms with E-state index < -0.39 is 4.92 Å². The highest BCUT2D eigenvalue weighted by molar-refractivity contribution is 5.77. The molecule has 0 aromatic heterocycles. The third-order valence-electron chi connectivity index (χ3n) is 4.61. The van der Waals surface area contributed by atoms with Crippen LogP contribution in [-0.4, -0.2) is 60.0 Å². The van der Waals surface area contributed by atoms with E-state index in [1.165, 1.54) is 29.8 Å². The topological polar surface area (TPSA) is 75.9 Å². The fraction of sp³-hybridized carbons (Fsp3) is 0.286. The van der Waals surface area contributed by atoms with Gasteiger partial charge in [-0.15, -0.1) is 0 Å².